The van der Waals surface area contributed by atoms with Crippen molar-refractivity contribution < 1.29 is 23.1 Å². The molecule has 1 N–H and O–H groups in total. The van der Waals surface area contributed by atoms with Gasteiger partial charge in [-0.3, -0.25) is 9.59 Å². The Balaban J connectivity index is 1.55. The van der Waals surface area contributed by atoms with Gasteiger partial charge in [-0.2, -0.15) is 0 Å². The molecule has 0 unspecified atom stereocenters. The topological polar surface area (TPSA) is 93.4 Å². The van der Waals surface area contributed by atoms with Crippen molar-refractivity contribution in [2.75, 3.05) is 0 Å². The summed E-state index contributed by atoms with van der Waals surface area (Å²) in [6, 6.07) is 20.0. The third-order valence-electron chi connectivity index (χ3n) is 5.44. The molecule has 0 saturated carbocycles. The Bertz CT molecular complexity index is 1560. The van der Waals surface area contributed by atoms with Crippen molar-refractivity contribution in [3.8, 4) is 5.75 Å². The van der Waals surface area contributed by atoms with Gasteiger partial charge < -0.3 is 5.11 Å². The highest BCUT2D eigenvalue weighted by Crippen LogP contribution is 2.27. The van der Waals surface area contributed by atoms with Crippen LogP contribution in [0.3, 0.4) is 0 Å². The van der Waals surface area contributed by atoms with Crippen LogP contribution in [0.25, 0.3) is 23.1 Å². The van der Waals surface area contributed by atoms with Gasteiger partial charge >= 0.3 is 0 Å². The molecule has 0 bridgehead atoms. The molecular weight excluding hydrogens is 462 g/mol. The SMILES string of the molecule is Cc1ccc(S(=O)(=O)n2cc(/C=C/C(=O)CC(=O)/C=C/c3ccc(O)cc3)c3ccccc32)cc1. The summed E-state index contributed by atoms with van der Waals surface area (Å²) in [5, 5.41) is 9.98. The number of phenolic OH excluding ortho intramolecular Hbond substituents is 1. The second kappa shape index (κ2) is 9.95. The number of fused-ring (bicyclic) bond motifs is 1. The predicted octanol–water partition coefficient (Wildman–Crippen LogP) is 5.15. The van der Waals surface area contributed by atoms with Crippen molar-refractivity contribution in [1.29, 1.82) is 0 Å². The Morgan fingerprint density at radius 1 is 0.857 bits per heavy atom. The average Bonchev–Trinajstić information content (AvgIpc) is 3.22. The monoisotopic (exact) mass is 485 g/mol. The van der Waals surface area contributed by atoms with Gasteiger partial charge in [-0.25, -0.2) is 12.4 Å². The minimum absolute atomic E-state index is 0.127. The molecule has 0 radical (unpaired) electrons. The van der Waals surface area contributed by atoms with E-state index >= 15 is 0 Å². The molecule has 176 valence electrons. The zero-order chi connectivity index (χ0) is 25.0. The Morgan fingerprint density at radius 3 is 2.17 bits per heavy atom. The Kier molecular flexibility index (Phi) is 6.80. The van der Waals surface area contributed by atoms with Crippen LogP contribution in [-0.2, 0) is 19.6 Å². The minimum Gasteiger partial charge on any atom is -0.508 e. The lowest BCUT2D eigenvalue weighted by atomic mass is 10.1. The van der Waals surface area contributed by atoms with E-state index in [1.165, 1.54) is 40.5 Å². The maximum atomic E-state index is 13.3. The van der Waals surface area contributed by atoms with E-state index in [2.05, 4.69) is 0 Å². The number of aromatic nitrogens is 1. The van der Waals surface area contributed by atoms with E-state index in [1.807, 2.05) is 6.92 Å². The molecule has 1 aromatic heterocycles. The van der Waals surface area contributed by atoms with Gasteiger partial charge in [0.15, 0.2) is 11.6 Å². The molecule has 0 spiro atoms. The number of phenols is 1. The number of aromatic hydroxyl groups is 1. The van der Waals surface area contributed by atoms with Crippen LogP contribution in [0.1, 0.15) is 23.1 Å². The molecule has 35 heavy (non-hydrogen) atoms. The first kappa shape index (κ1) is 23.9. The fraction of sp³-hybridized carbons (Fsp3) is 0.0714. The highest BCUT2D eigenvalue weighted by atomic mass is 32.2. The molecule has 6 nitrogen and oxygen atoms in total. The zero-order valence-electron chi connectivity index (χ0n) is 19.0. The van der Waals surface area contributed by atoms with Crippen molar-refractivity contribution >= 4 is 44.6 Å². The van der Waals surface area contributed by atoms with E-state index in [9.17, 15) is 23.1 Å². The molecule has 7 heteroatoms. The second-order valence-corrected chi connectivity index (χ2v) is 9.90. The number of carbonyl (C=O) groups is 2. The summed E-state index contributed by atoms with van der Waals surface area (Å²) >= 11 is 0. The molecule has 4 aromatic rings. The standard InChI is InChI=1S/C28H23NO5S/c1-20-6-16-26(17-7-20)35(33,34)29-19-22(27-4-2-3-5-28(27)29)11-15-25(32)18-24(31)14-10-21-8-12-23(30)13-9-21/h2-17,19,30H,18H2,1H3/b14-10+,15-11+. The number of hydrogen-bond acceptors (Lipinski definition) is 5. The smallest absolute Gasteiger partial charge is 0.268 e. The number of aryl methyl sites for hydroxylation is 1. The predicted molar refractivity (Wildman–Crippen MR) is 137 cm³/mol. The number of allylic oxidation sites excluding steroid dienone is 2. The molecule has 3 aromatic carbocycles. The normalized spacial score (nSPS) is 12.0. The fourth-order valence-corrected chi connectivity index (χ4v) is 4.96. The molecule has 0 aliphatic carbocycles. The summed E-state index contributed by atoms with van der Waals surface area (Å²) in [4.78, 5) is 24.7. The van der Waals surface area contributed by atoms with E-state index in [-0.39, 0.29) is 22.8 Å². The van der Waals surface area contributed by atoms with Crippen LogP contribution in [0.15, 0.2) is 96.0 Å². The molecule has 0 aliphatic heterocycles. The summed E-state index contributed by atoms with van der Waals surface area (Å²) in [7, 11) is -3.84. The van der Waals surface area contributed by atoms with Crippen LogP contribution >= 0.6 is 0 Å². The third-order valence-corrected chi connectivity index (χ3v) is 7.13. The number of rotatable bonds is 8. The number of ketones is 2. The molecule has 0 saturated heterocycles. The van der Waals surface area contributed by atoms with Gasteiger partial charge in [0.1, 0.15) is 5.75 Å². The molecule has 1 heterocycles. The van der Waals surface area contributed by atoms with Crippen LogP contribution in [0.2, 0.25) is 0 Å². The van der Waals surface area contributed by atoms with Crippen molar-refractivity contribution in [2.24, 2.45) is 0 Å². The van der Waals surface area contributed by atoms with Gasteiger partial charge in [0.05, 0.1) is 16.8 Å². The van der Waals surface area contributed by atoms with Crippen molar-refractivity contribution in [3.05, 3.63) is 108 Å². The maximum absolute atomic E-state index is 13.3. The summed E-state index contributed by atoms with van der Waals surface area (Å²) < 4.78 is 27.7. The summed E-state index contributed by atoms with van der Waals surface area (Å²) in [5.41, 5.74) is 2.72. The van der Waals surface area contributed by atoms with Gasteiger partial charge in [0, 0.05) is 17.1 Å². The van der Waals surface area contributed by atoms with Gasteiger partial charge in [0.2, 0.25) is 0 Å². The average molecular weight is 486 g/mol. The minimum atomic E-state index is -3.84. The molecule has 0 fully saturated rings. The highest BCUT2D eigenvalue weighted by Gasteiger charge is 2.20. The van der Waals surface area contributed by atoms with E-state index in [4.69, 9.17) is 0 Å². The fourth-order valence-electron chi connectivity index (χ4n) is 3.58. The summed E-state index contributed by atoms with van der Waals surface area (Å²) in [5.74, 6) is -0.637. The van der Waals surface area contributed by atoms with Gasteiger partial charge in [-0.15, -0.1) is 0 Å². The summed E-state index contributed by atoms with van der Waals surface area (Å²) in [6.45, 7) is 1.88. The lowest BCUT2D eigenvalue weighted by Crippen LogP contribution is -2.11. The largest absolute Gasteiger partial charge is 0.508 e. The molecular formula is C28H23NO5S. The van der Waals surface area contributed by atoms with Gasteiger partial charge in [0.25, 0.3) is 10.0 Å². The van der Waals surface area contributed by atoms with E-state index < -0.39 is 15.8 Å². The molecule has 0 amide bonds. The van der Waals surface area contributed by atoms with E-state index in [1.54, 1.807) is 66.7 Å². The van der Waals surface area contributed by atoms with Crippen LogP contribution in [0.5, 0.6) is 5.75 Å². The number of hydrogen-bond donors (Lipinski definition) is 1. The lowest BCUT2D eigenvalue weighted by Gasteiger charge is -2.07. The first-order valence-electron chi connectivity index (χ1n) is 10.9. The number of carbonyl (C=O) groups excluding carboxylic acids is 2. The molecule has 4 rings (SSSR count). The Hall–Kier alpha value is -4.23. The van der Waals surface area contributed by atoms with Crippen LogP contribution < -0.4 is 0 Å². The van der Waals surface area contributed by atoms with Crippen LogP contribution in [-0.4, -0.2) is 29.1 Å². The first-order valence-corrected chi connectivity index (χ1v) is 12.3. The summed E-state index contributed by atoms with van der Waals surface area (Å²) in [6.07, 6.45) is 6.88. The van der Waals surface area contributed by atoms with Crippen molar-refractivity contribution in [1.82, 2.24) is 3.97 Å². The van der Waals surface area contributed by atoms with Crippen LogP contribution in [0.4, 0.5) is 0 Å². The van der Waals surface area contributed by atoms with E-state index in [0.29, 0.717) is 16.5 Å². The maximum Gasteiger partial charge on any atom is 0.268 e. The number of para-hydroxylation sites is 1. The third kappa shape index (κ3) is 5.47. The quantitative estimate of drug-likeness (QED) is 0.275. The second-order valence-electron chi connectivity index (χ2n) is 8.08. The van der Waals surface area contributed by atoms with E-state index in [0.717, 1.165) is 11.1 Å². The van der Waals surface area contributed by atoms with Gasteiger partial charge in [-0.05, 0) is 61.0 Å². The zero-order valence-corrected chi connectivity index (χ0v) is 19.8. The van der Waals surface area contributed by atoms with Gasteiger partial charge in [-0.1, -0.05) is 54.1 Å². The molecule has 0 aliphatic rings. The highest BCUT2D eigenvalue weighted by molar-refractivity contribution is 7.90. The van der Waals surface area contributed by atoms with Crippen LogP contribution in [0, 0.1) is 6.92 Å². The van der Waals surface area contributed by atoms with Crippen molar-refractivity contribution in [2.45, 2.75) is 18.2 Å². The Labute approximate surface area is 203 Å². The first-order chi connectivity index (χ1) is 16.7. The number of benzene rings is 3. The van der Waals surface area contributed by atoms with Crippen molar-refractivity contribution in [3.63, 3.8) is 0 Å². The Morgan fingerprint density at radius 2 is 1.49 bits per heavy atom. The lowest BCUT2D eigenvalue weighted by molar-refractivity contribution is -0.121. The number of nitrogens with zero attached hydrogens (tertiary/aromatic N) is 1. The molecule has 0 atom stereocenters.